The number of methoxy groups -OCH3 is 1. The van der Waals surface area contributed by atoms with Gasteiger partial charge in [0.05, 0.1) is 13.7 Å². The highest BCUT2D eigenvalue weighted by Gasteiger charge is 2.15. The first-order chi connectivity index (χ1) is 7.22. The van der Waals surface area contributed by atoms with Gasteiger partial charge >= 0.3 is 12.0 Å². The van der Waals surface area contributed by atoms with Crippen molar-refractivity contribution >= 4 is 17.7 Å². The van der Waals surface area contributed by atoms with Crippen LogP contribution in [-0.4, -0.2) is 35.9 Å². The van der Waals surface area contributed by atoms with Gasteiger partial charge in [-0.15, -0.1) is 11.8 Å². The number of ether oxygens (including phenoxy) is 2. The molecule has 0 saturated heterocycles. The summed E-state index contributed by atoms with van der Waals surface area (Å²) in [7, 11) is 1.48. The van der Waals surface area contributed by atoms with Crippen LogP contribution in [0, 0.1) is 0 Å². The van der Waals surface area contributed by atoms with Gasteiger partial charge in [0.2, 0.25) is 0 Å². The van der Waals surface area contributed by atoms with Crippen LogP contribution in [-0.2, 0) is 4.74 Å². The lowest BCUT2D eigenvalue weighted by molar-refractivity contribution is 0.0520. The fourth-order valence-corrected chi connectivity index (χ4v) is 1.48. The molecule has 0 amide bonds. The Kier molecular flexibility index (Phi) is 4.36. The van der Waals surface area contributed by atoms with Gasteiger partial charge in [-0.25, -0.2) is 9.78 Å². The zero-order valence-corrected chi connectivity index (χ0v) is 9.63. The van der Waals surface area contributed by atoms with Gasteiger partial charge in [-0.1, -0.05) is 0 Å². The smallest absolute Gasteiger partial charge is 0.342 e. The van der Waals surface area contributed by atoms with Crippen LogP contribution in [0.3, 0.4) is 0 Å². The normalized spacial score (nSPS) is 9.80. The van der Waals surface area contributed by atoms with Gasteiger partial charge in [-0.05, 0) is 13.2 Å². The Balaban J connectivity index is 3.02. The van der Waals surface area contributed by atoms with Gasteiger partial charge in [0.1, 0.15) is 10.6 Å². The predicted molar refractivity (Wildman–Crippen MR) is 56.3 cm³/mol. The zero-order valence-electron chi connectivity index (χ0n) is 8.81. The second-order valence-electron chi connectivity index (χ2n) is 2.50. The third-order valence-corrected chi connectivity index (χ3v) is 2.30. The maximum absolute atomic E-state index is 11.5. The van der Waals surface area contributed by atoms with E-state index in [1.165, 1.54) is 25.1 Å². The van der Waals surface area contributed by atoms with E-state index in [2.05, 4.69) is 9.97 Å². The molecule has 0 aliphatic rings. The molecule has 0 bridgehead atoms. The van der Waals surface area contributed by atoms with Gasteiger partial charge in [0.25, 0.3) is 0 Å². The molecule has 6 heteroatoms. The van der Waals surface area contributed by atoms with Crippen molar-refractivity contribution in [2.75, 3.05) is 20.0 Å². The lowest BCUT2D eigenvalue weighted by Gasteiger charge is -2.06. The van der Waals surface area contributed by atoms with Crippen molar-refractivity contribution in [2.45, 2.75) is 11.9 Å². The Hall–Kier alpha value is -1.30. The molecule has 0 aromatic carbocycles. The summed E-state index contributed by atoms with van der Waals surface area (Å²) in [6, 6.07) is 0.243. The molecule has 0 spiro atoms. The van der Waals surface area contributed by atoms with Crippen LogP contribution in [0.2, 0.25) is 0 Å². The monoisotopic (exact) mass is 228 g/mol. The Labute approximate surface area is 92.2 Å². The maximum atomic E-state index is 11.5. The van der Waals surface area contributed by atoms with Gasteiger partial charge in [-0.2, -0.15) is 4.98 Å². The van der Waals surface area contributed by atoms with Crippen molar-refractivity contribution in [3.8, 4) is 6.01 Å². The summed E-state index contributed by atoms with van der Waals surface area (Å²) in [4.78, 5) is 19.4. The van der Waals surface area contributed by atoms with Crippen molar-refractivity contribution in [3.63, 3.8) is 0 Å². The molecule has 0 radical (unpaired) electrons. The summed E-state index contributed by atoms with van der Waals surface area (Å²) in [5.41, 5.74) is 0.366. The van der Waals surface area contributed by atoms with Gasteiger partial charge < -0.3 is 9.47 Å². The SMILES string of the molecule is CCOC(=O)c1cnc(OC)nc1SC. The van der Waals surface area contributed by atoms with Gasteiger partial charge in [0, 0.05) is 6.20 Å². The van der Waals surface area contributed by atoms with Crippen LogP contribution in [0.4, 0.5) is 0 Å². The van der Waals surface area contributed by atoms with E-state index in [-0.39, 0.29) is 6.01 Å². The fraction of sp³-hybridized carbons (Fsp3) is 0.444. The Morgan fingerprint density at radius 2 is 2.33 bits per heavy atom. The zero-order chi connectivity index (χ0) is 11.3. The number of carbonyl (C=O) groups excluding carboxylic acids is 1. The van der Waals surface area contributed by atoms with E-state index in [1.807, 2.05) is 6.26 Å². The quantitative estimate of drug-likeness (QED) is 0.441. The molecule has 5 nitrogen and oxygen atoms in total. The van der Waals surface area contributed by atoms with E-state index in [0.717, 1.165) is 0 Å². The Morgan fingerprint density at radius 3 is 2.87 bits per heavy atom. The third-order valence-electron chi connectivity index (χ3n) is 1.60. The highest BCUT2D eigenvalue weighted by Crippen LogP contribution is 2.19. The third kappa shape index (κ3) is 2.82. The maximum Gasteiger partial charge on any atom is 0.342 e. The second-order valence-corrected chi connectivity index (χ2v) is 3.30. The molecule has 0 fully saturated rings. The molecule has 1 rings (SSSR count). The van der Waals surface area contributed by atoms with E-state index in [9.17, 15) is 4.79 Å². The molecular weight excluding hydrogens is 216 g/mol. The van der Waals surface area contributed by atoms with Crippen molar-refractivity contribution in [3.05, 3.63) is 11.8 Å². The van der Waals surface area contributed by atoms with Crippen LogP contribution in [0.5, 0.6) is 6.01 Å². The number of esters is 1. The lowest BCUT2D eigenvalue weighted by atomic mass is 10.3. The molecule has 1 aromatic rings. The number of aromatic nitrogens is 2. The molecule has 0 saturated carbocycles. The molecule has 0 unspecified atom stereocenters. The second kappa shape index (κ2) is 5.55. The van der Waals surface area contributed by atoms with Gasteiger partial charge in [-0.3, -0.25) is 0 Å². The molecule has 1 heterocycles. The summed E-state index contributed by atoms with van der Waals surface area (Å²) in [6.07, 6.45) is 3.24. The Morgan fingerprint density at radius 1 is 1.60 bits per heavy atom. The molecule has 1 aromatic heterocycles. The lowest BCUT2D eigenvalue weighted by Crippen LogP contribution is -2.08. The summed E-state index contributed by atoms with van der Waals surface area (Å²) in [5.74, 6) is -0.412. The average molecular weight is 228 g/mol. The van der Waals surface area contributed by atoms with Crippen LogP contribution in [0.15, 0.2) is 11.2 Å². The first-order valence-corrected chi connectivity index (χ1v) is 5.57. The number of nitrogens with zero attached hydrogens (tertiary/aromatic N) is 2. The van der Waals surface area contributed by atoms with Crippen LogP contribution in [0.25, 0.3) is 0 Å². The number of thioether (sulfide) groups is 1. The van der Waals surface area contributed by atoms with Crippen molar-refractivity contribution < 1.29 is 14.3 Å². The fourth-order valence-electron chi connectivity index (χ4n) is 0.954. The first-order valence-electron chi connectivity index (χ1n) is 4.35. The molecule has 82 valence electrons. The van der Waals surface area contributed by atoms with Gasteiger partial charge in [0.15, 0.2) is 0 Å². The highest BCUT2D eigenvalue weighted by molar-refractivity contribution is 7.98. The largest absolute Gasteiger partial charge is 0.467 e. The van der Waals surface area contributed by atoms with Crippen molar-refractivity contribution in [1.82, 2.24) is 9.97 Å². The summed E-state index contributed by atoms with van der Waals surface area (Å²) in [6.45, 7) is 2.08. The minimum absolute atomic E-state index is 0.243. The number of hydrogen-bond acceptors (Lipinski definition) is 6. The number of carbonyl (C=O) groups is 1. The van der Waals surface area contributed by atoms with Crippen molar-refractivity contribution in [2.24, 2.45) is 0 Å². The minimum atomic E-state index is -0.412. The van der Waals surface area contributed by atoms with E-state index in [1.54, 1.807) is 6.92 Å². The van der Waals surface area contributed by atoms with Crippen LogP contribution >= 0.6 is 11.8 Å². The van der Waals surface area contributed by atoms with Crippen molar-refractivity contribution in [1.29, 1.82) is 0 Å². The standard InChI is InChI=1S/C9H12N2O3S/c1-4-14-8(12)6-5-10-9(13-2)11-7(6)15-3/h5H,4H2,1-3H3. The minimum Gasteiger partial charge on any atom is -0.467 e. The molecule has 0 aliphatic carbocycles. The average Bonchev–Trinajstić information content (AvgIpc) is 2.28. The van der Waals surface area contributed by atoms with E-state index in [0.29, 0.717) is 17.2 Å². The molecule has 0 N–H and O–H groups in total. The topological polar surface area (TPSA) is 61.3 Å². The summed E-state index contributed by atoms with van der Waals surface area (Å²) < 4.78 is 9.73. The summed E-state index contributed by atoms with van der Waals surface area (Å²) in [5, 5.41) is 0.556. The van der Waals surface area contributed by atoms with E-state index < -0.39 is 5.97 Å². The molecule has 0 aliphatic heterocycles. The number of rotatable bonds is 4. The van der Waals surface area contributed by atoms with Crippen LogP contribution < -0.4 is 4.74 Å². The summed E-state index contributed by atoms with van der Waals surface area (Å²) >= 11 is 1.35. The van der Waals surface area contributed by atoms with Crippen LogP contribution in [0.1, 0.15) is 17.3 Å². The Bertz CT molecular complexity index is 357. The molecule has 15 heavy (non-hydrogen) atoms. The molecular formula is C9H12N2O3S. The number of hydrogen-bond donors (Lipinski definition) is 0. The predicted octanol–water partition coefficient (Wildman–Crippen LogP) is 1.38. The molecule has 0 atom stereocenters. The van der Waals surface area contributed by atoms with E-state index in [4.69, 9.17) is 9.47 Å². The van der Waals surface area contributed by atoms with E-state index >= 15 is 0 Å². The first kappa shape index (κ1) is 11.8. The highest BCUT2D eigenvalue weighted by atomic mass is 32.2.